The molecule has 1 aromatic rings. The zero-order chi connectivity index (χ0) is 19.6. The van der Waals surface area contributed by atoms with Crippen LogP contribution in [0.3, 0.4) is 0 Å². The number of rotatable bonds is 5. The van der Waals surface area contributed by atoms with Crippen LogP contribution in [0.15, 0.2) is 18.2 Å². The second-order valence-corrected chi connectivity index (χ2v) is 7.76. The number of fused-ring (bicyclic) bond motifs is 1. The number of carboxylic acid groups (broad SMARTS) is 1. The van der Waals surface area contributed by atoms with Crippen LogP contribution >= 0.6 is 11.6 Å². The van der Waals surface area contributed by atoms with Crippen LogP contribution in [0.5, 0.6) is 0 Å². The van der Waals surface area contributed by atoms with E-state index in [0.717, 1.165) is 19.3 Å². The van der Waals surface area contributed by atoms with Gasteiger partial charge in [-0.05, 0) is 43.4 Å². The molecule has 0 radical (unpaired) electrons. The van der Waals surface area contributed by atoms with Gasteiger partial charge in [0.25, 0.3) is 0 Å². The van der Waals surface area contributed by atoms with E-state index in [9.17, 15) is 19.5 Å². The Morgan fingerprint density at radius 3 is 2.78 bits per heavy atom. The summed E-state index contributed by atoms with van der Waals surface area (Å²) >= 11 is 6.18. The van der Waals surface area contributed by atoms with Crippen LogP contribution in [-0.4, -0.2) is 41.0 Å². The SMILES string of the molecule is CCCC(=O)Nc1ccc(Cl)c(NC(=O)N2C[C@@H]3CCC[C@@]3(C(=O)O)C2)c1. The second kappa shape index (κ2) is 7.76. The third-order valence-corrected chi connectivity index (χ3v) is 5.88. The van der Waals surface area contributed by atoms with Crippen LogP contribution in [-0.2, 0) is 9.59 Å². The molecular weight excluding hydrogens is 370 g/mol. The Morgan fingerprint density at radius 1 is 1.33 bits per heavy atom. The van der Waals surface area contributed by atoms with Gasteiger partial charge in [0.15, 0.2) is 0 Å². The fraction of sp³-hybridized carbons (Fsp3) is 0.526. The number of carbonyl (C=O) groups excluding carboxylic acids is 2. The summed E-state index contributed by atoms with van der Waals surface area (Å²) in [6.45, 7) is 2.56. The zero-order valence-electron chi connectivity index (χ0n) is 15.3. The first-order chi connectivity index (χ1) is 12.9. The highest BCUT2D eigenvalue weighted by Crippen LogP contribution is 2.49. The highest BCUT2D eigenvalue weighted by atomic mass is 35.5. The number of hydrogen-bond donors (Lipinski definition) is 3. The van der Waals surface area contributed by atoms with Gasteiger partial charge in [-0.1, -0.05) is 24.9 Å². The molecule has 1 aliphatic heterocycles. The van der Waals surface area contributed by atoms with Crippen LogP contribution < -0.4 is 10.6 Å². The minimum absolute atomic E-state index is 0.00381. The minimum atomic E-state index is -0.822. The van der Waals surface area contributed by atoms with Crippen LogP contribution in [0, 0.1) is 11.3 Å². The quantitative estimate of drug-likeness (QED) is 0.708. The van der Waals surface area contributed by atoms with Crippen molar-refractivity contribution >= 4 is 40.9 Å². The molecule has 0 bridgehead atoms. The maximum Gasteiger partial charge on any atom is 0.321 e. The lowest BCUT2D eigenvalue weighted by Gasteiger charge is -2.23. The van der Waals surface area contributed by atoms with Gasteiger partial charge in [0.05, 0.1) is 16.1 Å². The number of urea groups is 1. The molecule has 0 spiro atoms. The lowest BCUT2D eigenvalue weighted by Crippen LogP contribution is -2.38. The van der Waals surface area contributed by atoms with Gasteiger partial charge in [0, 0.05) is 25.2 Å². The van der Waals surface area contributed by atoms with Crippen molar-refractivity contribution in [2.75, 3.05) is 23.7 Å². The van der Waals surface area contributed by atoms with Gasteiger partial charge in [0.2, 0.25) is 5.91 Å². The Balaban J connectivity index is 1.69. The molecular formula is C19H24ClN3O4. The Morgan fingerprint density at radius 2 is 2.11 bits per heavy atom. The second-order valence-electron chi connectivity index (χ2n) is 7.35. The van der Waals surface area contributed by atoms with E-state index in [1.807, 2.05) is 6.92 Å². The van der Waals surface area contributed by atoms with E-state index in [2.05, 4.69) is 10.6 Å². The Labute approximate surface area is 163 Å². The Hall–Kier alpha value is -2.28. The van der Waals surface area contributed by atoms with Crippen molar-refractivity contribution < 1.29 is 19.5 Å². The molecule has 0 aromatic heterocycles. The van der Waals surface area contributed by atoms with Crippen molar-refractivity contribution in [3.63, 3.8) is 0 Å². The lowest BCUT2D eigenvalue weighted by molar-refractivity contribution is -0.149. The van der Waals surface area contributed by atoms with E-state index in [-0.39, 0.29) is 24.4 Å². The Kier molecular flexibility index (Phi) is 5.60. The summed E-state index contributed by atoms with van der Waals surface area (Å²) in [6.07, 6.45) is 3.48. The summed E-state index contributed by atoms with van der Waals surface area (Å²) in [5, 5.41) is 15.5. The molecule has 2 fully saturated rings. The van der Waals surface area contributed by atoms with Gasteiger partial charge in [-0.3, -0.25) is 9.59 Å². The molecule has 1 saturated heterocycles. The van der Waals surface area contributed by atoms with Gasteiger partial charge in [0.1, 0.15) is 0 Å². The predicted octanol–water partition coefficient (Wildman–Crippen LogP) is 3.80. The van der Waals surface area contributed by atoms with Crippen LogP contribution in [0.25, 0.3) is 0 Å². The third kappa shape index (κ3) is 3.88. The van der Waals surface area contributed by atoms with Crippen molar-refractivity contribution in [2.45, 2.75) is 39.0 Å². The molecule has 3 amide bonds. The molecule has 1 aromatic carbocycles. The molecule has 2 aliphatic rings. The van der Waals surface area contributed by atoms with E-state index < -0.39 is 11.4 Å². The molecule has 27 heavy (non-hydrogen) atoms. The predicted molar refractivity (Wildman–Crippen MR) is 103 cm³/mol. The van der Waals surface area contributed by atoms with Gasteiger partial charge in [-0.15, -0.1) is 0 Å². The van der Waals surface area contributed by atoms with E-state index in [1.54, 1.807) is 23.1 Å². The molecule has 146 valence electrons. The molecule has 3 rings (SSSR count). The van der Waals surface area contributed by atoms with Gasteiger partial charge >= 0.3 is 12.0 Å². The maximum atomic E-state index is 12.7. The molecule has 8 heteroatoms. The summed E-state index contributed by atoms with van der Waals surface area (Å²) in [4.78, 5) is 37.7. The van der Waals surface area contributed by atoms with Crippen LogP contribution in [0.1, 0.15) is 39.0 Å². The molecule has 7 nitrogen and oxygen atoms in total. The highest BCUT2D eigenvalue weighted by molar-refractivity contribution is 6.33. The zero-order valence-corrected chi connectivity index (χ0v) is 16.0. The fourth-order valence-electron chi connectivity index (χ4n) is 4.14. The van der Waals surface area contributed by atoms with E-state index in [4.69, 9.17) is 11.6 Å². The number of carboxylic acids is 1. The normalized spacial score (nSPS) is 23.8. The number of amides is 3. The summed E-state index contributed by atoms with van der Waals surface area (Å²) in [6, 6.07) is 4.52. The summed E-state index contributed by atoms with van der Waals surface area (Å²) < 4.78 is 0. The van der Waals surface area contributed by atoms with Crippen molar-refractivity contribution in [2.24, 2.45) is 11.3 Å². The average Bonchev–Trinajstić information content (AvgIpc) is 3.16. The molecule has 3 N–H and O–H groups in total. The molecule has 1 saturated carbocycles. The number of nitrogens with zero attached hydrogens (tertiary/aromatic N) is 1. The third-order valence-electron chi connectivity index (χ3n) is 5.55. The number of halogens is 1. The van der Waals surface area contributed by atoms with E-state index >= 15 is 0 Å². The largest absolute Gasteiger partial charge is 0.481 e. The minimum Gasteiger partial charge on any atom is -0.481 e. The van der Waals surface area contributed by atoms with E-state index in [1.165, 1.54) is 0 Å². The van der Waals surface area contributed by atoms with Crippen LogP contribution in [0.2, 0.25) is 5.02 Å². The summed E-state index contributed by atoms with van der Waals surface area (Å²) in [5.41, 5.74) is 0.114. The van der Waals surface area contributed by atoms with Gasteiger partial charge in [-0.2, -0.15) is 0 Å². The number of hydrogen-bond acceptors (Lipinski definition) is 3. The Bertz CT molecular complexity index is 769. The average molecular weight is 394 g/mol. The highest BCUT2D eigenvalue weighted by Gasteiger charge is 2.55. The number of anilines is 2. The monoisotopic (exact) mass is 393 g/mol. The molecule has 2 atom stereocenters. The molecule has 0 unspecified atom stereocenters. The van der Waals surface area contributed by atoms with Crippen molar-refractivity contribution in [3.05, 3.63) is 23.2 Å². The maximum absolute atomic E-state index is 12.7. The molecule has 1 aliphatic carbocycles. The standard InChI is InChI=1S/C19H24ClN3O4/c1-2-4-16(24)21-13-6-7-14(20)15(9-13)22-18(27)23-10-12-5-3-8-19(12,11-23)17(25)26/h6-7,9,12H,2-5,8,10-11H2,1H3,(H,21,24)(H,22,27)(H,25,26)/t12-,19+/m0/s1. The van der Waals surface area contributed by atoms with Crippen molar-refractivity contribution in [1.29, 1.82) is 0 Å². The summed E-state index contributed by atoms with van der Waals surface area (Å²) in [7, 11) is 0. The number of carbonyl (C=O) groups is 3. The van der Waals surface area contributed by atoms with Crippen molar-refractivity contribution in [3.8, 4) is 0 Å². The van der Waals surface area contributed by atoms with E-state index in [0.29, 0.717) is 35.8 Å². The number of aliphatic carboxylic acids is 1. The van der Waals surface area contributed by atoms with Gasteiger partial charge in [-0.25, -0.2) is 4.79 Å². The first-order valence-corrected chi connectivity index (χ1v) is 9.62. The van der Waals surface area contributed by atoms with Gasteiger partial charge < -0.3 is 20.6 Å². The number of likely N-dealkylation sites (tertiary alicyclic amines) is 1. The first kappa shape index (κ1) is 19.5. The molecule has 1 heterocycles. The van der Waals surface area contributed by atoms with Crippen molar-refractivity contribution in [1.82, 2.24) is 4.90 Å². The fourth-order valence-corrected chi connectivity index (χ4v) is 4.30. The smallest absolute Gasteiger partial charge is 0.321 e. The lowest BCUT2D eigenvalue weighted by atomic mass is 9.81. The number of benzene rings is 1. The number of nitrogens with one attached hydrogen (secondary N) is 2. The van der Waals surface area contributed by atoms with Crippen LogP contribution in [0.4, 0.5) is 16.2 Å². The first-order valence-electron chi connectivity index (χ1n) is 9.24. The summed E-state index contributed by atoms with van der Waals surface area (Å²) in [5.74, 6) is -0.928. The topological polar surface area (TPSA) is 98.7 Å².